The molecule has 0 aliphatic carbocycles. The van der Waals surface area contributed by atoms with E-state index >= 15 is 0 Å². The predicted molar refractivity (Wildman–Crippen MR) is 115 cm³/mol. The number of pyridine rings is 1. The molecule has 8 heteroatoms. The van der Waals surface area contributed by atoms with Gasteiger partial charge in [-0.05, 0) is 31.0 Å². The van der Waals surface area contributed by atoms with Gasteiger partial charge in [0.1, 0.15) is 0 Å². The number of halogens is 1. The molecule has 4 rings (SSSR count). The third-order valence-electron chi connectivity index (χ3n) is 4.83. The quantitative estimate of drug-likeness (QED) is 0.418. The molecule has 0 bridgehead atoms. The zero-order valence-corrected chi connectivity index (χ0v) is 18.4. The summed E-state index contributed by atoms with van der Waals surface area (Å²) in [4.78, 5) is 16.3. The first kappa shape index (κ1) is 19.6. The van der Waals surface area contributed by atoms with Crippen molar-refractivity contribution < 1.29 is 9.53 Å². The summed E-state index contributed by atoms with van der Waals surface area (Å²) >= 11 is 3.61. The molecule has 0 saturated heterocycles. The van der Waals surface area contributed by atoms with E-state index in [1.54, 1.807) is 6.07 Å². The Kier molecular flexibility index (Phi) is 5.12. The van der Waals surface area contributed by atoms with E-state index in [0.29, 0.717) is 18.0 Å². The van der Waals surface area contributed by atoms with Crippen LogP contribution in [-0.2, 0) is 17.8 Å². The molecule has 150 valence electrons. The van der Waals surface area contributed by atoms with E-state index in [9.17, 15) is 4.79 Å². The van der Waals surface area contributed by atoms with Gasteiger partial charge in [0.15, 0.2) is 5.65 Å². The minimum absolute atomic E-state index is 0.405. The van der Waals surface area contributed by atoms with Crippen LogP contribution in [0, 0.1) is 12.8 Å². The van der Waals surface area contributed by atoms with Gasteiger partial charge in [0.05, 0.1) is 36.6 Å². The SMILES string of the molecule is COC(=O)c1cnc2c(c1)c(C)nn2Cc1cc(Br)cc2cnn(CC(C)C)c12. The molecule has 0 amide bonds. The Hall–Kier alpha value is -2.74. The van der Waals surface area contributed by atoms with Crippen molar-refractivity contribution in [3.8, 4) is 0 Å². The van der Waals surface area contributed by atoms with Gasteiger partial charge >= 0.3 is 5.97 Å². The first-order valence-electron chi connectivity index (χ1n) is 9.42. The fourth-order valence-electron chi connectivity index (χ4n) is 3.60. The van der Waals surface area contributed by atoms with Gasteiger partial charge in [0.2, 0.25) is 0 Å². The standard InChI is InChI=1S/C21H22BrN5O2/c1-12(2)10-26-19-14(9-24-26)5-17(22)6-16(19)11-27-20-18(13(3)25-27)7-15(8-23-20)21(28)29-4/h5-9,12H,10-11H2,1-4H3. The second-order valence-corrected chi connectivity index (χ2v) is 8.47. The number of ether oxygens (including phenoxy) is 1. The van der Waals surface area contributed by atoms with Crippen LogP contribution in [0.15, 0.2) is 35.1 Å². The lowest BCUT2D eigenvalue weighted by molar-refractivity contribution is 0.0600. The molecular formula is C21H22BrN5O2. The summed E-state index contributed by atoms with van der Waals surface area (Å²) in [7, 11) is 1.36. The van der Waals surface area contributed by atoms with E-state index in [1.165, 1.54) is 13.3 Å². The molecular weight excluding hydrogens is 434 g/mol. The number of fused-ring (bicyclic) bond motifs is 2. The Bertz CT molecular complexity index is 1220. The van der Waals surface area contributed by atoms with E-state index in [-0.39, 0.29) is 0 Å². The minimum atomic E-state index is -0.405. The largest absolute Gasteiger partial charge is 0.465 e. The van der Waals surface area contributed by atoms with Crippen LogP contribution in [-0.4, -0.2) is 37.6 Å². The lowest BCUT2D eigenvalue weighted by atomic mass is 10.1. The molecule has 29 heavy (non-hydrogen) atoms. The van der Waals surface area contributed by atoms with Crippen molar-refractivity contribution in [2.24, 2.45) is 5.92 Å². The summed E-state index contributed by atoms with van der Waals surface area (Å²) < 4.78 is 9.74. The Labute approximate surface area is 176 Å². The van der Waals surface area contributed by atoms with Crippen LogP contribution < -0.4 is 0 Å². The summed E-state index contributed by atoms with van der Waals surface area (Å²) in [6, 6.07) is 5.97. The Morgan fingerprint density at radius 3 is 2.72 bits per heavy atom. The number of aromatic nitrogens is 5. The second kappa shape index (κ2) is 7.59. The molecule has 0 N–H and O–H groups in total. The molecule has 3 heterocycles. The highest BCUT2D eigenvalue weighted by molar-refractivity contribution is 9.10. The van der Waals surface area contributed by atoms with Crippen LogP contribution in [0.3, 0.4) is 0 Å². The molecule has 0 aliphatic rings. The number of esters is 1. The third kappa shape index (κ3) is 3.64. The highest BCUT2D eigenvalue weighted by Gasteiger charge is 2.16. The number of rotatable bonds is 5. The first-order chi connectivity index (χ1) is 13.9. The normalized spacial score (nSPS) is 11.7. The summed E-state index contributed by atoms with van der Waals surface area (Å²) in [5.41, 5.74) is 4.19. The molecule has 7 nitrogen and oxygen atoms in total. The number of methoxy groups -OCH3 is 1. The number of aryl methyl sites for hydroxylation is 1. The second-order valence-electron chi connectivity index (χ2n) is 7.55. The molecule has 0 saturated carbocycles. The van der Waals surface area contributed by atoms with Gasteiger partial charge in [-0.15, -0.1) is 0 Å². The predicted octanol–water partition coefficient (Wildman–Crippen LogP) is 4.34. The number of hydrogen-bond acceptors (Lipinski definition) is 5. The molecule has 0 fully saturated rings. The highest BCUT2D eigenvalue weighted by atomic mass is 79.9. The molecule has 1 aromatic carbocycles. The van der Waals surface area contributed by atoms with Gasteiger partial charge in [0.25, 0.3) is 0 Å². The molecule has 0 spiro atoms. The van der Waals surface area contributed by atoms with Crippen LogP contribution in [0.4, 0.5) is 0 Å². The van der Waals surface area contributed by atoms with Crippen molar-refractivity contribution in [2.75, 3.05) is 7.11 Å². The fraction of sp³-hybridized carbons (Fsp3) is 0.333. The third-order valence-corrected chi connectivity index (χ3v) is 5.29. The zero-order valence-electron chi connectivity index (χ0n) is 16.8. The van der Waals surface area contributed by atoms with Crippen LogP contribution in [0.5, 0.6) is 0 Å². The van der Waals surface area contributed by atoms with Crippen molar-refractivity contribution in [1.82, 2.24) is 24.5 Å². The minimum Gasteiger partial charge on any atom is -0.465 e. The summed E-state index contributed by atoms with van der Waals surface area (Å²) in [6.45, 7) is 7.67. The Morgan fingerprint density at radius 2 is 2.00 bits per heavy atom. The van der Waals surface area contributed by atoms with Crippen LogP contribution >= 0.6 is 15.9 Å². The zero-order chi connectivity index (χ0) is 20.7. The average Bonchev–Trinajstić information content (AvgIpc) is 3.21. The highest BCUT2D eigenvalue weighted by Crippen LogP contribution is 2.27. The van der Waals surface area contributed by atoms with Crippen LogP contribution in [0.2, 0.25) is 0 Å². The Morgan fingerprint density at radius 1 is 1.21 bits per heavy atom. The lowest BCUT2D eigenvalue weighted by Gasteiger charge is -2.11. The van der Waals surface area contributed by atoms with Gasteiger partial charge in [-0.1, -0.05) is 29.8 Å². The van der Waals surface area contributed by atoms with Crippen LogP contribution in [0.1, 0.15) is 35.5 Å². The van der Waals surface area contributed by atoms with Gasteiger partial charge in [-0.25, -0.2) is 14.5 Å². The average molecular weight is 456 g/mol. The maximum atomic E-state index is 11.8. The van der Waals surface area contributed by atoms with E-state index in [1.807, 2.05) is 17.8 Å². The molecule has 4 aromatic rings. The summed E-state index contributed by atoms with van der Waals surface area (Å²) in [5.74, 6) is 0.0821. The fourth-order valence-corrected chi connectivity index (χ4v) is 4.12. The molecule has 0 atom stereocenters. The van der Waals surface area contributed by atoms with Gasteiger partial charge < -0.3 is 4.74 Å². The maximum Gasteiger partial charge on any atom is 0.339 e. The molecule has 3 aromatic heterocycles. The van der Waals surface area contributed by atoms with Crippen molar-refractivity contribution in [1.29, 1.82) is 0 Å². The number of benzene rings is 1. The summed E-state index contributed by atoms with van der Waals surface area (Å²) in [6.07, 6.45) is 3.44. The van der Waals surface area contributed by atoms with E-state index < -0.39 is 5.97 Å². The Balaban J connectivity index is 1.81. The molecule has 0 unspecified atom stereocenters. The van der Waals surface area contributed by atoms with Gasteiger partial charge in [-0.2, -0.15) is 10.2 Å². The smallest absolute Gasteiger partial charge is 0.339 e. The van der Waals surface area contributed by atoms with E-state index in [0.717, 1.165) is 44.2 Å². The monoisotopic (exact) mass is 455 g/mol. The molecule has 0 aliphatic heterocycles. The van der Waals surface area contributed by atoms with Gasteiger partial charge in [-0.3, -0.25) is 4.68 Å². The van der Waals surface area contributed by atoms with Gasteiger partial charge in [0, 0.05) is 33.6 Å². The lowest BCUT2D eigenvalue weighted by Crippen LogP contribution is -2.09. The first-order valence-corrected chi connectivity index (χ1v) is 10.2. The summed E-state index contributed by atoms with van der Waals surface area (Å²) in [5, 5.41) is 11.2. The van der Waals surface area contributed by atoms with Crippen LogP contribution in [0.25, 0.3) is 21.9 Å². The number of hydrogen-bond donors (Lipinski definition) is 0. The van der Waals surface area contributed by atoms with Crippen molar-refractivity contribution in [3.63, 3.8) is 0 Å². The van der Waals surface area contributed by atoms with Crippen molar-refractivity contribution in [3.05, 3.63) is 51.9 Å². The number of carbonyl (C=O) groups is 1. The van der Waals surface area contributed by atoms with Crippen molar-refractivity contribution >= 4 is 43.8 Å². The molecule has 0 radical (unpaired) electrons. The van der Waals surface area contributed by atoms with Crippen molar-refractivity contribution in [2.45, 2.75) is 33.9 Å². The topological polar surface area (TPSA) is 74.8 Å². The number of nitrogens with zero attached hydrogens (tertiary/aromatic N) is 5. The number of carbonyl (C=O) groups excluding carboxylic acids is 1. The van der Waals surface area contributed by atoms with E-state index in [4.69, 9.17) is 4.74 Å². The maximum absolute atomic E-state index is 11.8. The van der Waals surface area contributed by atoms with E-state index in [2.05, 4.69) is 61.8 Å².